The average molecular weight is 483 g/mol. The van der Waals surface area contributed by atoms with E-state index in [1.165, 1.54) is 6.07 Å². The van der Waals surface area contributed by atoms with Crippen molar-refractivity contribution in [2.75, 3.05) is 13.3 Å². The highest BCUT2D eigenvalue weighted by Gasteiger charge is 2.31. The van der Waals surface area contributed by atoms with Crippen molar-refractivity contribution < 1.29 is 22.6 Å². The molecule has 3 heterocycles. The Morgan fingerprint density at radius 1 is 1.03 bits per heavy atom. The van der Waals surface area contributed by atoms with E-state index in [4.69, 9.17) is 4.74 Å². The Morgan fingerprint density at radius 3 is 2.57 bits per heavy atom. The third kappa shape index (κ3) is 4.96. The van der Waals surface area contributed by atoms with E-state index in [1.54, 1.807) is 21.7 Å². The third-order valence-corrected chi connectivity index (χ3v) is 6.30. The summed E-state index contributed by atoms with van der Waals surface area (Å²) in [6.45, 7) is 0.723. The summed E-state index contributed by atoms with van der Waals surface area (Å²) in [5, 5.41) is 0.957. The van der Waals surface area contributed by atoms with Crippen molar-refractivity contribution in [2.24, 2.45) is 7.05 Å². The van der Waals surface area contributed by atoms with Crippen LogP contribution < -0.4 is 10.3 Å². The summed E-state index contributed by atoms with van der Waals surface area (Å²) in [6.07, 6.45) is -2.35. The van der Waals surface area contributed by atoms with Gasteiger partial charge in [-0.25, -0.2) is 0 Å². The summed E-state index contributed by atoms with van der Waals surface area (Å²) in [5.74, 6) is 0.492. The molecule has 4 aromatic rings. The van der Waals surface area contributed by atoms with E-state index in [0.29, 0.717) is 37.6 Å². The van der Waals surface area contributed by atoms with Crippen molar-refractivity contribution in [3.63, 3.8) is 0 Å². The van der Waals surface area contributed by atoms with Crippen molar-refractivity contribution in [3.05, 3.63) is 94.0 Å². The fraction of sp³-hybridized carbons (Fsp3) is 0.269. The summed E-state index contributed by atoms with van der Waals surface area (Å²) in [7, 11) is 1.94. The number of rotatable bonds is 6. The van der Waals surface area contributed by atoms with Crippen LogP contribution in [0.4, 0.5) is 13.2 Å². The zero-order chi connectivity index (χ0) is 24.6. The first-order chi connectivity index (χ1) is 16.8. The van der Waals surface area contributed by atoms with Gasteiger partial charge in [0, 0.05) is 49.9 Å². The van der Waals surface area contributed by atoms with Crippen molar-refractivity contribution in [3.8, 4) is 11.4 Å². The number of aromatic nitrogens is 2. The number of hydrogen-bond acceptors (Lipinski definition) is 4. The molecule has 0 spiro atoms. The minimum absolute atomic E-state index is 0.218. The molecule has 1 aliphatic rings. The first-order valence-corrected chi connectivity index (χ1v) is 11.2. The maximum atomic E-state index is 12.8. The molecule has 0 aliphatic carbocycles. The molecular formula is C26H24F3N3O3. The lowest BCUT2D eigenvalue weighted by atomic mass is 10.0. The van der Waals surface area contributed by atoms with Crippen LogP contribution in [-0.4, -0.2) is 33.7 Å². The lowest BCUT2D eigenvalue weighted by Crippen LogP contribution is -2.35. The smallest absolute Gasteiger partial charge is 0.489 e. The zero-order valence-electron chi connectivity index (χ0n) is 19.1. The van der Waals surface area contributed by atoms with Gasteiger partial charge >= 0.3 is 6.36 Å². The molecule has 0 radical (unpaired) electrons. The number of benzene rings is 2. The van der Waals surface area contributed by atoms with Crippen molar-refractivity contribution in [1.29, 1.82) is 0 Å². The summed E-state index contributed by atoms with van der Waals surface area (Å²) in [4.78, 5) is 14.5. The van der Waals surface area contributed by atoms with Gasteiger partial charge in [-0.3, -0.25) is 19.0 Å². The van der Waals surface area contributed by atoms with Gasteiger partial charge in [-0.05, 0) is 29.3 Å². The number of hydrogen-bond donors (Lipinski definition) is 0. The Balaban J connectivity index is 1.38. The van der Waals surface area contributed by atoms with Crippen LogP contribution in [0.25, 0.3) is 16.6 Å². The van der Waals surface area contributed by atoms with Crippen molar-refractivity contribution >= 4 is 10.9 Å². The second-order valence-electron chi connectivity index (χ2n) is 8.55. The van der Waals surface area contributed by atoms with Crippen molar-refractivity contribution in [1.82, 2.24) is 14.0 Å². The zero-order valence-corrected chi connectivity index (χ0v) is 19.1. The number of pyridine rings is 1. The monoisotopic (exact) mass is 483 g/mol. The van der Waals surface area contributed by atoms with E-state index in [2.05, 4.69) is 9.30 Å². The van der Waals surface area contributed by atoms with Gasteiger partial charge < -0.3 is 9.30 Å². The predicted octanol–water partition coefficient (Wildman–Crippen LogP) is 4.76. The molecule has 35 heavy (non-hydrogen) atoms. The topological polar surface area (TPSA) is 48.6 Å². The van der Waals surface area contributed by atoms with E-state index in [1.807, 2.05) is 55.6 Å². The summed E-state index contributed by atoms with van der Waals surface area (Å²) in [6, 6.07) is 18.6. The Labute approximate surface area is 199 Å². The first kappa shape index (κ1) is 23.2. The lowest BCUT2D eigenvalue weighted by molar-refractivity contribution is -0.337. The molecule has 0 N–H and O–H groups in total. The van der Waals surface area contributed by atoms with Crippen LogP contribution in [0, 0.1) is 0 Å². The van der Waals surface area contributed by atoms with Gasteiger partial charge in [-0.2, -0.15) is 0 Å². The number of fused-ring (bicyclic) bond motifs is 3. The normalized spacial score (nSPS) is 14.3. The predicted molar refractivity (Wildman–Crippen MR) is 125 cm³/mol. The van der Waals surface area contributed by atoms with Crippen molar-refractivity contribution in [2.45, 2.75) is 25.9 Å². The van der Waals surface area contributed by atoms with Crippen LogP contribution in [0.2, 0.25) is 0 Å². The molecule has 0 amide bonds. The number of halogens is 3. The highest BCUT2D eigenvalue weighted by molar-refractivity contribution is 5.87. The summed E-state index contributed by atoms with van der Waals surface area (Å²) >= 11 is 0. The SMILES string of the molecule is Cn1c2c(c3ccc(-n4ccc(OCc5ccccc5)cc4=O)cc31)CN(COC(F)(F)F)CC2. The van der Waals surface area contributed by atoms with Gasteiger partial charge in [0.15, 0.2) is 0 Å². The van der Waals surface area contributed by atoms with Gasteiger partial charge in [-0.15, -0.1) is 13.2 Å². The maximum absolute atomic E-state index is 12.8. The van der Waals surface area contributed by atoms with Crippen LogP contribution in [0.15, 0.2) is 71.7 Å². The molecule has 182 valence electrons. The van der Waals surface area contributed by atoms with Crippen LogP contribution in [0.3, 0.4) is 0 Å². The quantitative estimate of drug-likeness (QED) is 0.397. The van der Waals surface area contributed by atoms with E-state index < -0.39 is 13.1 Å². The summed E-state index contributed by atoms with van der Waals surface area (Å²) < 4.78 is 50.7. The van der Waals surface area contributed by atoms with Crippen LogP contribution in [0.1, 0.15) is 16.8 Å². The number of alkyl halides is 3. The minimum Gasteiger partial charge on any atom is -0.489 e. The number of aryl methyl sites for hydroxylation is 1. The van der Waals surface area contributed by atoms with E-state index in [9.17, 15) is 18.0 Å². The number of nitrogens with zero attached hydrogens (tertiary/aromatic N) is 3. The molecule has 0 saturated carbocycles. The molecule has 9 heteroatoms. The van der Waals surface area contributed by atoms with E-state index >= 15 is 0 Å². The molecule has 1 aliphatic heterocycles. The van der Waals surface area contributed by atoms with E-state index in [0.717, 1.165) is 27.7 Å². The molecule has 0 atom stereocenters. The summed E-state index contributed by atoms with van der Waals surface area (Å²) in [5.41, 5.74) is 4.48. The van der Waals surface area contributed by atoms with Gasteiger partial charge in [0.1, 0.15) is 19.1 Å². The molecule has 2 aromatic heterocycles. The van der Waals surface area contributed by atoms with Gasteiger partial charge in [0.05, 0.1) is 11.2 Å². The molecule has 5 rings (SSSR count). The second kappa shape index (κ2) is 9.24. The highest BCUT2D eigenvalue weighted by Crippen LogP contribution is 2.32. The lowest BCUT2D eigenvalue weighted by Gasteiger charge is -2.27. The molecule has 6 nitrogen and oxygen atoms in total. The maximum Gasteiger partial charge on any atom is 0.523 e. The van der Waals surface area contributed by atoms with E-state index in [-0.39, 0.29) is 5.56 Å². The Bertz CT molecular complexity index is 1410. The van der Waals surface area contributed by atoms with Gasteiger partial charge in [0.25, 0.3) is 5.56 Å². The van der Waals surface area contributed by atoms with Gasteiger partial charge in [0.2, 0.25) is 0 Å². The Morgan fingerprint density at radius 2 is 1.83 bits per heavy atom. The second-order valence-corrected chi connectivity index (χ2v) is 8.55. The number of ether oxygens (including phenoxy) is 2. The Kier molecular flexibility index (Phi) is 6.12. The minimum atomic E-state index is -4.65. The first-order valence-electron chi connectivity index (χ1n) is 11.2. The molecule has 0 bridgehead atoms. The average Bonchev–Trinajstić information content (AvgIpc) is 3.12. The standard InChI is InChI=1S/C26H24F3N3O3/c1-30-23-10-11-31(17-35-26(27,28)29)15-22(23)21-8-7-19(13-24(21)30)32-12-9-20(14-25(32)33)34-16-18-5-3-2-4-6-18/h2-9,12-14H,10-11,15-17H2,1H3. The molecule has 0 unspecified atom stereocenters. The Hall–Kier alpha value is -3.56. The molecular weight excluding hydrogens is 459 g/mol. The third-order valence-electron chi connectivity index (χ3n) is 6.30. The highest BCUT2D eigenvalue weighted by atomic mass is 19.4. The molecule has 0 saturated heterocycles. The molecule has 2 aromatic carbocycles. The largest absolute Gasteiger partial charge is 0.523 e. The van der Waals surface area contributed by atoms with Crippen LogP contribution in [0.5, 0.6) is 5.75 Å². The molecule has 0 fully saturated rings. The van der Waals surface area contributed by atoms with Crippen LogP contribution >= 0.6 is 0 Å². The fourth-order valence-electron chi connectivity index (χ4n) is 4.55. The van der Waals surface area contributed by atoms with Crippen LogP contribution in [-0.2, 0) is 31.4 Å². The fourth-order valence-corrected chi connectivity index (χ4v) is 4.55. The van der Waals surface area contributed by atoms with Gasteiger partial charge in [-0.1, -0.05) is 36.4 Å².